The molecule has 0 spiro atoms. The van der Waals surface area contributed by atoms with Gasteiger partial charge in [0.05, 0.1) is 11.6 Å². The van der Waals surface area contributed by atoms with E-state index < -0.39 is 0 Å². The second-order valence-electron chi connectivity index (χ2n) is 8.38. The van der Waals surface area contributed by atoms with Crippen molar-refractivity contribution in [2.75, 3.05) is 39.3 Å². The van der Waals surface area contributed by atoms with Gasteiger partial charge in [-0.3, -0.25) is 9.80 Å². The average molecular weight is 484 g/mol. The molecule has 0 aliphatic carbocycles. The molecule has 0 aromatic heterocycles. The Labute approximate surface area is 195 Å². The summed E-state index contributed by atoms with van der Waals surface area (Å²) >= 11 is 3.49. The summed E-state index contributed by atoms with van der Waals surface area (Å²) in [5, 5.41) is 9.28. The molecule has 2 aromatic rings. The summed E-state index contributed by atoms with van der Waals surface area (Å²) in [4.78, 5) is 5.14. The monoisotopic (exact) mass is 483 g/mol. The van der Waals surface area contributed by atoms with Gasteiger partial charge in [-0.25, -0.2) is 0 Å². The number of piperazine rings is 1. The largest absolute Gasteiger partial charge is 0.492 e. The van der Waals surface area contributed by atoms with Crippen molar-refractivity contribution in [1.29, 1.82) is 5.26 Å². The quantitative estimate of drug-likeness (QED) is 0.391. The highest BCUT2D eigenvalue weighted by molar-refractivity contribution is 9.10. The molecule has 2 aromatic carbocycles. The highest BCUT2D eigenvalue weighted by Crippen LogP contribution is 2.29. The van der Waals surface area contributed by atoms with Gasteiger partial charge in [0.25, 0.3) is 0 Å². The summed E-state index contributed by atoms with van der Waals surface area (Å²) in [5.41, 5.74) is 3.23. The second kappa shape index (κ2) is 12.2. The number of aryl methyl sites for hydroxylation is 1. The van der Waals surface area contributed by atoms with Gasteiger partial charge in [-0.15, -0.1) is 0 Å². The molecule has 1 saturated heterocycles. The Morgan fingerprint density at radius 3 is 2.58 bits per heavy atom. The van der Waals surface area contributed by atoms with E-state index in [9.17, 15) is 5.26 Å². The van der Waals surface area contributed by atoms with Crippen molar-refractivity contribution in [1.82, 2.24) is 9.80 Å². The van der Waals surface area contributed by atoms with Gasteiger partial charge in [-0.2, -0.15) is 5.26 Å². The van der Waals surface area contributed by atoms with E-state index >= 15 is 0 Å². The van der Waals surface area contributed by atoms with Crippen LogP contribution in [0, 0.1) is 18.3 Å². The molecule has 1 unspecified atom stereocenters. The third-order valence-corrected chi connectivity index (χ3v) is 6.65. The summed E-state index contributed by atoms with van der Waals surface area (Å²) in [6.45, 7) is 10.3. The van der Waals surface area contributed by atoms with Crippen molar-refractivity contribution in [3.8, 4) is 11.8 Å². The van der Waals surface area contributed by atoms with Gasteiger partial charge in [-0.1, -0.05) is 60.3 Å². The molecule has 0 N–H and O–H groups in total. The van der Waals surface area contributed by atoms with Crippen LogP contribution in [-0.2, 0) is 0 Å². The lowest BCUT2D eigenvalue weighted by atomic mass is 9.95. The van der Waals surface area contributed by atoms with E-state index in [2.05, 4.69) is 50.9 Å². The second-order valence-corrected chi connectivity index (χ2v) is 9.30. The number of halogens is 1. The van der Waals surface area contributed by atoms with E-state index in [1.807, 2.05) is 37.3 Å². The minimum absolute atomic E-state index is 0.443. The first kappa shape index (κ1) is 23.8. The van der Waals surface area contributed by atoms with Gasteiger partial charge in [0.1, 0.15) is 12.4 Å². The fraction of sp³-hybridized carbons (Fsp3) is 0.500. The van der Waals surface area contributed by atoms with Crippen LogP contribution in [0.1, 0.15) is 55.3 Å². The van der Waals surface area contributed by atoms with Gasteiger partial charge in [-0.05, 0) is 48.7 Å². The van der Waals surface area contributed by atoms with Crippen LogP contribution in [0.5, 0.6) is 5.75 Å². The number of nitriles is 1. The zero-order valence-electron chi connectivity index (χ0n) is 18.8. The van der Waals surface area contributed by atoms with E-state index in [0.717, 1.165) is 54.1 Å². The van der Waals surface area contributed by atoms with Crippen molar-refractivity contribution in [3.05, 3.63) is 63.6 Å². The first-order valence-corrected chi connectivity index (χ1v) is 12.3. The molecule has 0 radical (unpaired) electrons. The predicted molar refractivity (Wildman–Crippen MR) is 130 cm³/mol. The highest BCUT2D eigenvalue weighted by Gasteiger charge is 2.25. The lowest BCUT2D eigenvalue weighted by Gasteiger charge is -2.39. The first-order valence-electron chi connectivity index (χ1n) is 11.5. The van der Waals surface area contributed by atoms with Crippen LogP contribution in [-0.4, -0.2) is 49.1 Å². The summed E-state index contributed by atoms with van der Waals surface area (Å²) in [6.07, 6.45) is 4.95. The lowest BCUT2D eigenvalue weighted by Crippen LogP contribution is -2.48. The normalized spacial score (nSPS) is 16.1. The fourth-order valence-electron chi connectivity index (χ4n) is 4.32. The van der Waals surface area contributed by atoms with Gasteiger partial charge in [0.15, 0.2) is 0 Å². The molecular formula is C26H34BrN3O. The first-order chi connectivity index (χ1) is 15.1. The molecule has 1 aliphatic heterocycles. The molecule has 1 fully saturated rings. The van der Waals surface area contributed by atoms with Crippen molar-refractivity contribution < 1.29 is 4.74 Å². The van der Waals surface area contributed by atoms with E-state index in [4.69, 9.17) is 4.74 Å². The van der Waals surface area contributed by atoms with Crippen molar-refractivity contribution in [2.45, 2.75) is 45.6 Å². The van der Waals surface area contributed by atoms with Crippen molar-refractivity contribution >= 4 is 15.9 Å². The molecule has 166 valence electrons. The summed E-state index contributed by atoms with van der Waals surface area (Å²) in [6, 6.07) is 17.2. The smallest absolute Gasteiger partial charge is 0.120 e. The molecule has 1 atom stereocenters. The molecular weight excluding hydrogens is 450 g/mol. The summed E-state index contributed by atoms with van der Waals surface area (Å²) < 4.78 is 6.97. The molecule has 1 heterocycles. The SMILES string of the molecule is CCCCCC(c1ccc(C#N)c(C)c1)N1CCN(CCOc2cccc(Br)c2)CC1. The predicted octanol–water partition coefficient (Wildman–Crippen LogP) is 5.95. The Hall–Kier alpha value is -1.87. The average Bonchev–Trinajstić information content (AvgIpc) is 2.77. The molecule has 31 heavy (non-hydrogen) atoms. The zero-order chi connectivity index (χ0) is 22.1. The summed E-state index contributed by atoms with van der Waals surface area (Å²) in [5.74, 6) is 0.917. The molecule has 0 saturated carbocycles. The summed E-state index contributed by atoms with van der Waals surface area (Å²) in [7, 11) is 0. The van der Waals surface area contributed by atoms with Crippen LogP contribution in [0.2, 0.25) is 0 Å². The fourth-order valence-corrected chi connectivity index (χ4v) is 4.69. The standard InChI is InChI=1S/C26H34BrN3O/c1-3-4-5-9-26(22-10-11-23(20-28)21(2)18-22)30-14-12-29(13-15-30)16-17-31-25-8-6-7-24(27)19-25/h6-8,10-11,18-19,26H,3-5,9,12-17H2,1-2H3. The number of hydrogen-bond acceptors (Lipinski definition) is 4. The van der Waals surface area contributed by atoms with Crippen LogP contribution in [0.4, 0.5) is 0 Å². The van der Waals surface area contributed by atoms with Crippen LogP contribution in [0.25, 0.3) is 0 Å². The molecule has 1 aliphatic rings. The molecule has 4 nitrogen and oxygen atoms in total. The van der Waals surface area contributed by atoms with E-state index in [-0.39, 0.29) is 0 Å². The maximum Gasteiger partial charge on any atom is 0.120 e. The van der Waals surface area contributed by atoms with Crippen LogP contribution in [0.15, 0.2) is 46.9 Å². The van der Waals surface area contributed by atoms with Crippen LogP contribution < -0.4 is 4.74 Å². The zero-order valence-corrected chi connectivity index (χ0v) is 20.4. The Kier molecular flexibility index (Phi) is 9.39. The Morgan fingerprint density at radius 2 is 1.90 bits per heavy atom. The van der Waals surface area contributed by atoms with Crippen molar-refractivity contribution in [3.63, 3.8) is 0 Å². The Morgan fingerprint density at radius 1 is 1.10 bits per heavy atom. The van der Waals surface area contributed by atoms with E-state index in [0.29, 0.717) is 12.6 Å². The molecule has 0 amide bonds. The van der Waals surface area contributed by atoms with E-state index in [1.54, 1.807) is 0 Å². The van der Waals surface area contributed by atoms with Crippen LogP contribution >= 0.6 is 15.9 Å². The van der Waals surface area contributed by atoms with E-state index in [1.165, 1.54) is 31.2 Å². The number of unbranched alkanes of at least 4 members (excludes halogenated alkanes) is 2. The third kappa shape index (κ3) is 7.07. The maximum absolute atomic E-state index is 9.28. The minimum Gasteiger partial charge on any atom is -0.492 e. The Bertz CT molecular complexity index is 871. The van der Waals surface area contributed by atoms with Crippen molar-refractivity contribution in [2.24, 2.45) is 0 Å². The third-order valence-electron chi connectivity index (χ3n) is 6.16. The molecule has 3 rings (SSSR count). The molecule has 5 heteroatoms. The maximum atomic E-state index is 9.28. The number of rotatable bonds is 10. The van der Waals surface area contributed by atoms with Gasteiger partial charge < -0.3 is 4.74 Å². The van der Waals surface area contributed by atoms with Crippen LogP contribution in [0.3, 0.4) is 0 Å². The van der Waals surface area contributed by atoms with Gasteiger partial charge >= 0.3 is 0 Å². The molecule has 0 bridgehead atoms. The number of hydrogen-bond donors (Lipinski definition) is 0. The van der Waals surface area contributed by atoms with Gasteiger partial charge in [0.2, 0.25) is 0 Å². The topological polar surface area (TPSA) is 39.5 Å². The lowest BCUT2D eigenvalue weighted by molar-refractivity contribution is 0.0817. The number of ether oxygens (including phenoxy) is 1. The van der Waals surface area contributed by atoms with Gasteiger partial charge in [0, 0.05) is 43.2 Å². The minimum atomic E-state index is 0.443. The number of benzene rings is 2. The Balaban J connectivity index is 1.54. The highest BCUT2D eigenvalue weighted by atomic mass is 79.9. The number of nitrogens with zero attached hydrogens (tertiary/aromatic N) is 3.